The monoisotopic (exact) mass is 510 g/mol. The summed E-state index contributed by atoms with van der Waals surface area (Å²) in [7, 11) is 0. The smallest absolute Gasteiger partial charge is 0.370 e. The number of hydrogen-bond acceptors (Lipinski definition) is 5. The molecule has 2 amide bonds. The van der Waals surface area contributed by atoms with Gasteiger partial charge in [-0.25, -0.2) is 0 Å². The van der Waals surface area contributed by atoms with Crippen LogP contribution >= 0.6 is 0 Å². The highest BCUT2D eigenvalue weighted by Gasteiger charge is 2.42. The fourth-order valence-electron chi connectivity index (χ4n) is 3.23. The van der Waals surface area contributed by atoms with Crippen LogP contribution in [0.25, 0.3) is 0 Å². The Kier molecular flexibility index (Phi) is 8.42. The van der Waals surface area contributed by atoms with Gasteiger partial charge < -0.3 is 20.7 Å². The molecule has 1 saturated heterocycles. The summed E-state index contributed by atoms with van der Waals surface area (Å²) in [6.45, 7) is -5.92. The van der Waals surface area contributed by atoms with E-state index in [4.69, 9.17) is 10.5 Å². The zero-order valence-corrected chi connectivity index (χ0v) is 17.2. The van der Waals surface area contributed by atoms with Crippen LogP contribution in [-0.2, 0) is 20.5 Å². The number of halogens is 9. The Hall–Kier alpha value is -2.59. The molecule has 192 valence electrons. The molecule has 0 unspecified atom stereocenters. The SMILES string of the molecule is NC[C@@H](C(=O)Nc1ccc(N2CCOCC2=O)c(C(F)(F)F)c1)N(CC(F)(F)F)CC(F)(F)F. The average Bonchev–Trinajstić information content (AvgIpc) is 2.66. The molecule has 1 atom stereocenters. The van der Waals surface area contributed by atoms with Crippen LogP contribution < -0.4 is 16.0 Å². The summed E-state index contributed by atoms with van der Waals surface area (Å²) in [5, 5.41) is 1.88. The van der Waals surface area contributed by atoms with Crippen LogP contribution in [0.15, 0.2) is 18.2 Å². The number of rotatable bonds is 7. The molecule has 0 spiro atoms. The molecule has 1 heterocycles. The Morgan fingerprint density at radius 2 is 1.68 bits per heavy atom. The van der Waals surface area contributed by atoms with Crippen LogP contribution in [0.4, 0.5) is 50.9 Å². The Balaban J connectivity index is 2.34. The molecular weight excluding hydrogens is 491 g/mol. The zero-order valence-electron chi connectivity index (χ0n) is 17.2. The number of amides is 2. The number of benzene rings is 1. The first-order chi connectivity index (χ1) is 15.5. The molecule has 0 bridgehead atoms. The first-order valence-corrected chi connectivity index (χ1v) is 9.49. The Bertz CT molecular complexity index is 871. The number of carbonyl (C=O) groups is 2. The molecule has 16 heteroatoms. The molecule has 2 rings (SSSR count). The molecule has 0 saturated carbocycles. The van der Waals surface area contributed by atoms with Gasteiger partial charge >= 0.3 is 18.5 Å². The molecule has 1 aromatic carbocycles. The summed E-state index contributed by atoms with van der Waals surface area (Å²) in [5.41, 5.74) is 2.75. The fraction of sp³-hybridized carbons (Fsp3) is 0.556. The predicted molar refractivity (Wildman–Crippen MR) is 99.8 cm³/mol. The molecule has 0 aromatic heterocycles. The third kappa shape index (κ3) is 7.73. The highest BCUT2D eigenvalue weighted by Crippen LogP contribution is 2.39. The van der Waals surface area contributed by atoms with Gasteiger partial charge in [0.15, 0.2) is 0 Å². The molecule has 1 aromatic rings. The van der Waals surface area contributed by atoms with Gasteiger partial charge in [-0.15, -0.1) is 0 Å². The van der Waals surface area contributed by atoms with E-state index in [1.165, 1.54) is 0 Å². The van der Waals surface area contributed by atoms with Gasteiger partial charge in [0, 0.05) is 18.8 Å². The summed E-state index contributed by atoms with van der Waals surface area (Å²) >= 11 is 0. The highest BCUT2D eigenvalue weighted by molar-refractivity contribution is 5.98. The summed E-state index contributed by atoms with van der Waals surface area (Å²) in [6, 6.07) is 0.0403. The van der Waals surface area contributed by atoms with Crippen molar-refractivity contribution in [1.29, 1.82) is 0 Å². The van der Waals surface area contributed by atoms with E-state index in [0.29, 0.717) is 6.07 Å². The maximum Gasteiger partial charge on any atom is 0.418 e. The number of morpholine rings is 1. The Morgan fingerprint density at radius 1 is 1.09 bits per heavy atom. The second-order valence-corrected chi connectivity index (χ2v) is 7.20. The standard InChI is InChI=1S/C18H19F9N4O3/c19-16(20,21)8-30(9-17(22,23)24)13(6-28)15(33)29-10-1-2-12(11(5-10)18(25,26)27)31-3-4-34-7-14(31)32/h1-2,5,13H,3-4,6-9,28H2,(H,29,33)/t13-/m0/s1. The first kappa shape index (κ1) is 27.7. The van der Waals surface area contributed by atoms with Gasteiger partial charge in [-0.1, -0.05) is 0 Å². The van der Waals surface area contributed by atoms with Crippen LogP contribution in [0.5, 0.6) is 0 Å². The van der Waals surface area contributed by atoms with Gasteiger partial charge in [0.2, 0.25) is 5.91 Å². The summed E-state index contributed by atoms with van der Waals surface area (Å²) < 4.78 is 122. The van der Waals surface area contributed by atoms with Crippen molar-refractivity contribution in [3.05, 3.63) is 23.8 Å². The van der Waals surface area contributed by atoms with Gasteiger partial charge in [-0.2, -0.15) is 39.5 Å². The van der Waals surface area contributed by atoms with Crippen molar-refractivity contribution in [2.24, 2.45) is 5.73 Å². The number of anilines is 2. The van der Waals surface area contributed by atoms with Crippen LogP contribution in [0.1, 0.15) is 5.56 Å². The van der Waals surface area contributed by atoms with Gasteiger partial charge in [0.1, 0.15) is 12.6 Å². The van der Waals surface area contributed by atoms with Crippen molar-refractivity contribution in [2.45, 2.75) is 24.6 Å². The van der Waals surface area contributed by atoms with Crippen molar-refractivity contribution in [2.75, 3.05) is 49.6 Å². The average molecular weight is 510 g/mol. The second-order valence-electron chi connectivity index (χ2n) is 7.20. The molecule has 1 aliphatic heterocycles. The minimum absolute atomic E-state index is 0.0338. The molecule has 34 heavy (non-hydrogen) atoms. The van der Waals surface area contributed by atoms with E-state index in [1.54, 1.807) is 0 Å². The van der Waals surface area contributed by atoms with Crippen molar-refractivity contribution < 1.29 is 53.8 Å². The summed E-state index contributed by atoms with van der Waals surface area (Å²) in [5.74, 6) is -2.23. The number of hydrogen-bond donors (Lipinski definition) is 2. The number of ether oxygens (including phenoxy) is 1. The molecule has 1 aliphatic rings. The predicted octanol–water partition coefficient (Wildman–Crippen LogP) is 2.76. The quantitative estimate of drug-likeness (QED) is 0.551. The topological polar surface area (TPSA) is 87.9 Å². The molecule has 0 aliphatic carbocycles. The maximum absolute atomic E-state index is 13.6. The minimum Gasteiger partial charge on any atom is -0.370 e. The van der Waals surface area contributed by atoms with Crippen molar-refractivity contribution in [3.8, 4) is 0 Å². The lowest BCUT2D eigenvalue weighted by Gasteiger charge is -2.31. The Labute approximate surface area is 186 Å². The number of nitrogens with zero attached hydrogens (tertiary/aromatic N) is 2. The van der Waals surface area contributed by atoms with Crippen LogP contribution in [0.2, 0.25) is 0 Å². The van der Waals surface area contributed by atoms with E-state index in [1.807, 2.05) is 5.32 Å². The van der Waals surface area contributed by atoms with E-state index in [9.17, 15) is 49.1 Å². The number of alkyl halides is 9. The highest BCUT2D eigenvalue weighted by atomic mass is 19.4. The molecule has 7 nitrogen and oxygen atoms in total. The maximum atomic E-state index is 13.6. The molecule has 0 radical (unpaired) electrons. The van der Waals surface area contributed by atoms with Gasteiger partial charge in [0.25, 0.3) is 5.91 Å². The molecular formula is C18H19F9N4O3. The number of carbonyl (C=O) groups excluding carboxylic acids is 2. The van der Waals surface area contributed by atoms with Crippen LogP contribution in [-0.4, -0.2) is 74.5 Å². The number of nitrogens with one attached hydrogen (secondary N) is 1. The van der Waals surface area contributed by atoms with Crippen molar-refractivity contribution >= 4 is 23.2 Å². The second kappa shape index (κ2) is 10.4. The van der Waals surface area contributed by atoms with Gasteiger partial charge in [0.05, 0.1) is 30.9 Å². The molecule has 1 fully saturated rings. The minimum atomic E-state index is -5.12. The lowest BCUT2D eigenvalue weighted by Crippen LogP contribution is -2.54. The lowest BCUT2D eigenvalue weighted by atomic mass is 10.1. The van der Waals surface area contributed by atoms with Gasteiger partial charge in [-0.3, -0.25) is 14.5 Å². The molecule has 3 N–H and O–H groups in total. The van der Waals surface area contributed by atoms with Gasteiger partial charge in [-0.05, 0) is 18.2 Å². The third-order valence-electron chi connectivity index (χ3n) is 4.58. The van der Waals surface area contributed by atoms with Crippen molar-refractivity contribution in [3.63, 3.8) is 0 Å². The Morgan fingerprint density at radius 3 is 2.15 bits per heavy atom. The van der Waals surface area contributed by atoms with E-state index < -0.39 is 79.6 Å². The van der Waals surface area contributed by atoms with Crippen LogP contribution in [0, 0.1) is 0 Å². The number of nitrogens with two attached hydrogens (primary N) is 1. The largest absolute Gasteiger partial charge is 0.418 e. The van der Waals surface area contributed by atoms with E-state index >= 15 is 0 Å². The zero-order chi connectivity index (χ0) is 25.9. The first-order valence-electron chi connectivity index (χ1n) is 9.49. The van der Waals surface area contributed by atoms with Crippen LogP contribution in [0.3, 0.4) is 0 Å². The summed E-state index contributed by atoms with van der Waals surface area (Å²) in [4.78, 5) is 24.9. The van der Waals surface area contributed by atoms with E-state index in [-0.39, 0.29) is 18.1 Å². The van der Waals surface area contributed by atoms with E-state index in [2.05, 4.69) is 0 Å². The lowest BCUT2D eigenvalue weighted by molar-refractivity contribution is -0.186. The normalized spacial score (nSPS) is 16.7. The summed E-state index contributed by atoms with van der Waals surface area (Å²) in [6.07, 6.45) is -15.2. The van der Waals surface area contributed by atoms with Crippen molar-refractivity contribution in [1.82, 2.24) is 4.90 Å². The van der Waals surface area contributed by atoms with E-state index in [0.717, 1.165) is 17.0 Å². The third-order valence-corrected chi connectivity index (χ3v) is 4.58. The fourth-order valence-corrected chi connectivity index (χ4v) is 3.23.